The van der Waals surface area contributed by atoms with E-state index in [4.69, 9.17) is 4.74 Å². The predicted molar refractivity (Wildman–Crippen MR) is 104 cm³/mol. The minimum absolute atomic E-state index is 0.181. The zero-order valence-corrected chi connectivity index (χ0v) is 15.6. The lowest BCUT2D eigenvalue weighted by molar-refractivity contribution is 0.209. The van der Waals surface area contributed by atoms with Crippen molar-refractivity contribution in [2.75, 3.05) is 11.4 Å². The molecule has 0 unspecified atom stereocenters. The van der Waals surface area contributed by atoms with Crippen LogP contribution < -0.4 is 4.90 Å². The summed E-state index contributed by atoms with van der Waals surface area (Å²) in [6.45, 7) is 3.23. The number of rotatable bonds is 5. The van der Waals surface area contributed by atoms with Crippen molar-refractivity contribution in [3.63, 3.8) is 0 Å². The van der Waals surface area contributed by atoms with Crippen molar-refractivity contribution in [2.24, 2.45) is 7.05 Å². The Morgan fingerprint density at radius 3 is 2.88 bits per heavy atom. The van der Waals surface area contributed by atoms with Crippen molar-refractivity contribution in [1.29, 1.82) is 0 Å². The molecule has 3 aromatic rings. The number of thiophene rings is 1. The second-order valence-electron chi connectivity index (χ2n) is 6.24. The van der Waals surface area contributed by atoms with Gasteiger partial charge in [-0.3, -0.25) is 0 Å². The van der Waals surface area contributed by atoms with Crippen LogP contribution in [0.1, 0.15) is 18.3 Å². The van der Waals surface area contributed by atoms with E-state index in [0.29, 0.717) is 6.61 Å². The summed E-state index contributed by atoms with van der Waals surface area (Å²) in [6, 6.07) is 7.84. The number of aryl methyl sites for hydroxylation is 2. The molecule has 3 heterocycles. The largest absolute Gasteiger partial charge is 0.489 e. The Balaban J connectivity index is 1.45. The predicted octanol–water partition coefficient (Wildman–Crippen LogP) is 4.77. The Morgan fingerprint density at radius 1 is 1.31 bits per heavy atom. The fraction of sp³-hybridized carbons (Fsp3) is 0.250. The number of nitrogens with zero attached hydrogens (tertiary/aromatic N) is 3. The molecule has 0 fully saturated rings. The first-order valence-corrected chi connectivity index (χ1v) is 9.48. The summed E-state index contributed by atoms with van der Waals surface area (Å²) in [4.78, 5) is 6.81. The van der Waals surface area contributed by atoms with E-state index in [1.165, 1.54) is 6.07 Å². The Hall–Kier alpha value is -2.60. The van der Waals surface area contributed by atoms with Crippen LogP contribution in [0.15, 0.2) is 53.8 Å². The van der Waals surface area contributed by atoms with Crippen LogP contribution >= 0.6 is 11.3 Å². The summed E-state index contributed by atoms with van der Waals surface area (Å²) < 4.78 is 20.9. The molecule has 134 valence electrons. The van der Waals surface area contributed by atoms with Crippen molar-refractivity contribution in [3.05, 3.63) is 70.3 Å². The first-order chi connectivity index (χ1) is 12.6. The van der Waals surface area contributed by atoms with E-state index in [0.717, 1.165) is 58.2 Å². The molecule has 0 spiro atoms. The van der Waals surface area contributed by atoms with E-state index >= 15 is 0 Å². The molecule has 1 aliphatic heterocycles. The van der Waals surface area contributed by atoms with E-state index < -0.39 is 0 Å². The van der Waals surface area contributed by atoms with E-state index in [9.17, 15) is 4.39 Å². The van der Waals surface area contributed by atoms with E-state index in [1.807, 2.05) is 18.4 Å². The number of aromatic nitrogens is 2. The molecule has 0 bridgehead atoms. The molecule has 6 heteroatoms. The van der Waals surface area contributed by atoms with Gasteiger partial charge in [0.15, 0.2) is 5.13 Å². The number of hydrogen-bond donors (Lipinski definition) is 0. The Kier molecular flexibility index (Phi) is 4.51. The number of fused-ring (bicyclic) bond motifs is 1. The topological polar surface area (TPSA) is 30.3 Å². The molecule has 0 aliphatic carbocycles. The van der Waals surface area contributed by atoms with Crippen molar-refractivity contribution >= 4 is 28.1 Å². The maximum Gasteiger partial charge on any atom is 0.176 e. The van der Waals surface area contributed by atoms with Crippen LogP contribution in [-0.2, 0) is 24.8 Å². The summed E-state index contributed by atoms with van der Waals surface area (Å²) >= 11 is 1.09. The number of allylic oxidation sites excluding steroid dienone is 1. The van der Waals surface area contributed by atoms with Gasteiger partial charge in [-0.2, -0.15) is 4.39 Å². The lowest BCUT2D eigenvalue weighted by Gasteiger charge is -2.23. The Morgan fingerprint density at radius 2 is 2.19 bits per heavy atom. The number of benzene rings is 1. The average molecular weight is 369 g/mol. The minimum atomic E-state index is -0.181. The minimum Gasteiger partial charge on any atom is -0.489 e. The monoisotopic (exact) mass is 369 g/mol. The number of anilines is 1. The maximum atomic E-state index is 13.0. The van der Waals surface area contributed by atoms with Crippen LogP contribution in [0.5, 0.6) is 0 Å². The third kappa shape index (κ3) is 3.24. The zero-order valence-electron chi connectivity index (χ0n) is 14.8. The molecule has 0 saturated carbocycles. The zero-order chi connectivity index (χ0) is 18.1. The highest BCUT2D eigenvalue weighted by atomic mass is 32.1. The Labute approximate surface area is 155 Å². The van der Waals surface area contributed by atoms with Gasteiger partial charge in [0.2, 0.25) is 0 Å². The summed E-state index contributed by atoms with van der Waals surface area (Å²) in [5, 5.41) is 1.60. The molecule has 0 amide bonds. The molecular formula is C20H20FN3OS. The van der Waals surface area contributed by atoms with Crippen LogP contribution in [0.3, 0.4) is 0 Å². The molecule has 1 aromatic carbocycles. The molecule has 0 radical (unpaired) electrons. The first-order valence-electron chi connectivity index (χ1n) is 8.60. The van der Waals surface area contributed by atoms with Gasteiger partial charge in [0.25, 0.3) is 0 Å². The van der Waals surface area contributed by atoms with Crippen LogP contribution in [0.25, 0.3) is 11.0 Å². The van der Waals surface area contributed by atoms with Gasteiger partial charge in [0.05, 0.1) is 11.0 Å². The molecule has 26 heavy (non-hydrogen) atoms. The van der Waals surface area contributed by atoms with E-state index in [1.54, 1.807) is 5.38 Å². The van der Waals surface area contributed by atoms with Crippen LogP contribution in [-0.4, -0.2) is 16.1 Å². The smallest absolute Gasteiger partial charge is 0.176 e. The van der Waals surface area contributed by atoms with Gasteiger partial charge in [-0.05, 0) is 36.4 Å². The SMILES string of the molecule is CCc1nc2ccc(N3C=CC(OCc4csc(F)c4)=CC3)cc2n1C. The number of imidazole rings is 1. The van der Waals surface area contributed by atoms with E-state index in [-0.39, 0.29) is 5.13 Å². The second-order valence-corrected chi connectivity index (χ2v) is 7.10. The fourth-order valence-corrected chi connectivity index (χ4v) is 3.71. The van der Waals surface area contributed by atoms with Gasteiger partial charge >= 0.3 is 0 Å². The summed E-state index contributed by atoms with van der Waals surface area (Å²) in [6.07, 6.45) is 6.91. The second kappa shape index (κ2) is 6.96. The highest BCUT2D eigenvalue weighted by molar-refractivity contribution is 7.08. The van der Waals surface area contributed by atoms with Gasteiger partial charge in [0, 0.05) is 42.8 Å². The molecular weight excluding hydrogens is 349 g/mol. The summed E-state index contributed by atoms with van der Waals surface area (Å²) in [5.41, 5.74) is 4.14. The summed E-state index contributed by atoms with van der Waals surface area (Å²) in [5.74, 6) is 1.90. The van der Waals surface area contributed by atoms with E-state index in [2.05, 4.69) is 46.6 Å². The van der Waals surface area contributed by atoms with Gasteiger partial charge in [0.1, 0.15) is 18.2 Å². The van der Waals surface area contributed by atoms with Crippen molar-refractivity contribution < 1.29 is 9.13 Å². The van der Waals surface area contributed by atoms with Crippen molar-refractivity contribution in [2.45, 2.75) is 20.0 Å². The van der Waals surface area contributed by atoms with Gasteiger partial charge in [-0.25, -0.2) is 4.98 Å². The van der Waals surface area contributed by atoms with Crippen LogP contribution in [0.2, 0.25) is 0 Å². The van der Waals surface area contributed by atoms with Gasteiger partial charge in [-0.15, -0.1) is 11.3 Å². The molecule has 0 N–H and O–H groups in total. The summed E-state index contributed by atoms with van der Waals surface area (Å²) in [7, 11) is 2.06. The molecule has 4 nitrogen and oxygen atoms in total. The normalized spacial score (nSPS) is 14.1. The molecule has 0 saturated heterocycles. The third-order valence-corrected chi connectivity index (χ3v) is 5.30. The highest BCUT2D eigenvalue weighted by Crippen LogP contribution is 2.25. The average Bonchev–Trinajstić information content (AvgIpc) is 3.23. The van der Waals surface area contributed by atoms with Gasteiger partial charge < -0.3 is 14.2 Å². The van der Waals surface area contributed by atoms with Crippen molar-refractivity contribution in [3.8, 4) is 0 Å². The first kappa shape index (κ1) is 16.8. The lowest BCUT2D eigenvalue weighted by Crippen LogP contribution is -2.19. The van der Waals surface area contributed by atoms with Crippen molar-refractivity contribution in [1.82, 2.24) is 9.55 Å². The molecule has 1 aliphatic rings. The Bertz CT molecular complexity index is 1000. The standard InChI is InChI=1S/C20H20FN3OS/c1-3-20-22-17-5-4-15(11-18(17)23(20)2)24-8-6-16(7-9-24)25-12-14-10-19(21)26-13-14/h4-8,10-11,13H,3,9,12H2,1-2H3. The number of hydrogen-bond acceptors (Lipinski definition) is 4. The molecule has 4 rings (SSSR count). The maximum absolute atomic E-state index is 13.0. The molecule has 2 aromatic heterocycles. The number of ether oxygens (including phenoxy) is 1. The van der Waals surface area contributed by atoms with Crippen LogP contribution in [0, 0.1) is 5.13 Å². The lowest BCUT2D eigenvalue weighted by atomic mass is 10.2. The third-order valence-electron chi connectivity index (χ3n) is 4.54. The number of halogens is 1. The van der Waals surface area contributed by atoms with Crippen LogP contribution in [0.4, 0.5) is 10.1 Å². The van der Waals surface area contributed by atoms with Gasteiger partial charge in [-0.1, -0.05) is 6.92 Å². The fourth-order valence-electron chi connectivity index (χ4n) is 3.09. The molecule has 0 atom stereocenters. The highest BCUT2D eigenvalue weighted by Gasteiger charge is 2.12. The quantitative estimate of drug-likeness (QED) is 0.649.